The van der Waals surface area contributed by atoms with Gasteiger partial charge >= 0.3 is 0 Å². The molecule has 164 valence electrons. The van der Waals surface area contributed by atoms with Gasteiger partial charge < -0.3 is 21.3 Å². The minimum absolute atomic E-state index is 0.0442. The number of hydrogen-bond donors (Lipinski definition) is 4. The summed E-state index contributed by atoms with van der Waals surface area (Å²) < 4.78 is 0. The van der Waals surface area contributed by atoms with Gasteiger partial charge in [0.25, 0.3) is 5.91 Å². The maximum absolute atomic E-state index is 12.3. The number of nitrogens with one attached hydrogen (secondary N) is 4. The van der Waals surface area contributed by atoms with E-state index >= 15 is 0 Å². The number of benzene rings is 2. The van der Waals surface area contributed by atoms with E-state index in [0.717, 1.165) is 0 Å². The Morgan fingerprint density at radius 3 is 1.55 bits per heavy atom. The zero-order valence-electron chi connectivity index (χ0n) is 17.8. The number of carbonyl (C=O) groups excluding carboxylic acids is 4. The number of carbonyl (C=O) groups is 4. The fourth-order valence-corrected chi connectivity index (χ4v) is 2.78. The van der Waals surface area contributed by atoms with Crippen molar-refractivity contribution >= 4 is 40.7 Å². The summed E-state index contributed by atoms with van der Waals surface area (Å²) >= 11 is 0. The molecule has 0 heterocycles. The van der Waals surface area contributed by atoms with Gasteiger partial charge in [0.15, 0.2) is 0 Å². The second kappa shape index (κ2) is 11.5. The Balaban J connectivity index is 1.84. The second-order valence-corrected chi connectivity index (χ2v) is 6.81. The summed E-state index contributed by atoms with van der Waals surface area (Å²) in [6, 6.07) is 13.3. The van der Waals surface area contributed by atoms with Crippen LogP contribution in [0.3, 0.4) is 0 Å². The predicted molar refractivity (Wildman–Crippen MR) is 120 cm³/mol. The fraction of sp³-hybridized carbons (Fsp3) is 0.273. The molecule has 4 N–H and O–H groups in total. The predicted octanol–water partition coefficient (Wildman–Crippen LogP) is 1.90. The molecule has 0 unspecified atom stereocenters. The van der Waals surface area contributed by atoms with Crippen LogP contribution in [0.2, 0.25) is 0 Å². The molecule has 0 bridgehead atoms. The van der Waals surface area contributed by atoms with E-state index in [1.807, 2.05) is 6.92 Å². The van der Waals surface area contributed by atoms with Crippen molar-refractivity contribution in [2.75, 3.05) is 42.6 Å². The van der Waals surface area contributed by atoms with Crippen molar-refractivity contribution < 1.29 is 19.2 Å². The van der Waals surface area contributed by atoms with Crippen molar-refractivity contribution in [1.82, 2.24) is 10.2 Å². The summed E-state index contributed by atoms with van der Waals surface area (Å²) in [7, 11) is 1.55. The third-order valence-electron chi connectivity index (χ3n) is 4.33. The highest BCUT2D eigenvalue weighted by Gasteiger charge is 2.14. The monoisotopic (exact) mass is 425 g/mol. The first-order valence-corrected chi connectivity index (χ1v) is 9.82. The van der Waals surface area contributed by atoms with Crippen LogP contribution in [0.5, 0.6) is 0 Å². The van der Waals surface area contributed by atoms with E-state index < -0.39 is 0 Å². The molecule has 4 amide bonds. The largest absolute Gasteiger partial charge is 0.355 e. The van der Waals surface area contributed by atoms with Gasteiger partial charge in [-0.05, 0) is 55.1 Å². The molecule has 0 radical (unpaired) electrons. The molecular formula is C22H27N5O4. The molecule has 0 atom stereocenters. The maximum atomic E-state index is 12.3. The highest BCUT2D eigenvalue weighted by Crippen LogP contribution is 2.13. The minimum Gasteiger partial charge on any atom is -0.355 e. The summed E-state index contributed by atoms with van der Waals surface area (Å²) in [6.07, 6.45) is 0. The summed E-state index contributed by atoms with van der Waals surface area (Å²) in [5.74, 6) is -0.888. The number of amides is 4. The maximum Gasteiger partial charge on any atom is 0.251 e. The van der Waals surface area contributed by atoms with Crippen LogP contribution in [0.1, 0.15) is 24.2 Å². The van der Waals surface area contributed by atoms with Gasteiger partial charge in [-0.15, -0.1) is 0 Å². The molecule has 0 aliphatic carbocycles. The molecule has 0 fully saturated rings. The zero-order chi connectivity index (χ0) is 22.8. The third-order valence-corrected chi connectivity index (χ3v) is 4.33. The quantitative estimate of drug-likeness (QED) is 0.489. The Morgan fingerprint density at radius 1 is 0.742 bits per heavy atom. The molecule has 2 rings (SSSR count). The Labute approximate surface area is 181 Å². The van der Waals surface area contributed by atoms with Crippen LogP contribution in [0, 0.1) is 0 Å². The molecule has 0 aliphatic rings. The number of rotatable bonds is 9. The lowest BCUT2D eigenvalue weighted by Crippen LogP contribution is -2.38. The Kier molecular flexibility index (Phi) is 8.71. The van der Waals surface area contributed by atoms with Crippen LogP contribution in [-0.2, 0) is 14.4 Å². The SMILES string of the molecule is CCN(CC(=O)Nc1ccc(NC(C)=O)cc1)CC(=O)Nc1ccc(C(=O)NC)cc1. The second-order valence-electron chi connectivity index (χ2n) is 6.81. The molecule has 0 saturated carbocycles. The molecule has 2 aromatic rings. The lowest BCUT2D eigenvalue weighted by molar-refractivity contribution is -0.120. The lowest BCUT2D eigenvalue weighted by atomic mass is 10.2. The first-order valence-electron chi connectivity index (χ1n) is 9.82. The first kappa shape index (κ1) is 23.6. The van der Waals surface area contributed by atoms with E-state index in [1.165, 1.54) is 6.92 Å². The van der Waals surface area contributed by atoms with E-state index in [1.54, 1.807) is 60.5 Å². The summed E-state index contributed by atoms with van der Waals surface area (Å²) in [6.45, 7) is 3.89. The molecule has 2 aromatic carbocycles. The molecule has 0 spiro atoms. The summed E-state index contributed by atoms with van der Waals surface area (Å²) in [4.78, 5) is 49.0. The van der Waals surface area contributed by atoms with Gasteiger partial charge in [-0.25, -0.2) is 0 Å². The van der Waals surface area contributed by atoms with Crippen LogP contribution < -0.4 is 21.3 Å². The average molecular weight is 425 g/mol. The average Bonchev–Trinajstić information content (AvgIpc) is 2.74. The summed E-state index contributed by atoms with van der Waals surface area (Å²) in [5, 5.41) is 10.7. The van der Waals surface area contributed by atoms with Gasteiger partial charge in [0, 0.05) is 36.6 Å². The van der Waals surface area contributed by atoms with E-state index in [2.05, 4.69) is 21.3 Å². The number of nitrogens with zero attached hydrogens (tertiary/aromatic N) is 1. The first-order chi connectivity index (χ1) is 14.8. The van der Waals surface area contributed by atoms with Crippen LogP contribution in [0.4, 0.5) is 17.1 Å². The number of anilines is 3. The minimum atomic E-state index is -0.262. The molecule has 0 aliphatic heterocycles. The van der Waals surface area contributed by atoms with Crippen molar-refractivity contribution in [1.29, 1.82) is 0 Å². The van der Waals surface area contributed by atoms with Crippen LogP contribution in [0.25, 0.3) is 0 Å². The van der Waals surface area contributed by atoms with Gasteiger partial charge in [0.2, 0.25) is 17.7 Å². The third kappa shape index (κ3) is 7.90. The highest BCUT2D eigenvalue weighted by atomic mass is 16.2. The Hall–Kier alpha value is -3.72. The van der Waals surface area contributed by atoms with Gasteiger partial charge in [-0.1, -0.05) is 6.92 Å². The van der Waals surface area contributed by atoms with E-state index in [0.29, 0.717) is 29.2 Å². The number of likely N-dealkylation sites (N-methyl/N-ethyl adjacent to an activating group) is 1. The molecule has 9 nitrogen and oxygen atoms in total. The van der Waals surface area contributed by atoms with Crippen LogP contribution in [0.15, 0.2) is 48.5 Å². The molecule has 0 saturated heterocycles. The van der Waals surface area contributed by atoms with Crippen molar-refractivity contribution in [3.63, 3.8) is 0 Å². The lowest BCUT2D eigenvalue weighted by Gasteiger charge is -2.19. The zero-order valence-corrected chi connectivity index (χ0v) is 17.8. The summed E-state index contributed by atoms with van der Waals surface area (Å²) in [5.41, 5.74) is 2.30. The fourth-order valence-electron chi connectivity index (χ4n) is 2.78. The standard InChI is InChI=1S/C22H27N5O4/c1-4-27(13-20(29)25-18-7-5-16(6-8-18)22(31)23-3)14-21(30)26-19-11-9-17(10-12-19)24-15(2)28/h5-12H,4,13-14H2,1-3H3,(H,23,31)(H,24,28)(H,25,29)(H,26,30). The topological polar surface area (TPSA) is 120 Å². The Morgan fingerprint density at radius 2 is 1.16 bits per heavy atom. The van der Waals surface area contributed by atoms with Crippen molar-refractivity contribution in [2.24, 2.45) is 0 Å². The molecular weight excluding hydrogens is 398 g/mol. The van der Waals surface area contributed by atoms with Gasteiger partial charge in [0.1, 0.15) is 0 Å². The van der Waals surface area contributed by atoms with E-state index in [9.17, 15) is 19.2 Å². The molecule has 31 heavy (non-hydrogen) atoms. The van der Waals surface area contributed by atoms with Gasteiger partial charge in [-0.3, -0.25) is 24.1 Å². The molecule has 0 aromatic heterocycles. The molecule has 9 heteroatoms. The normalized spacial score (nSPS) is 10.3. The Bertz CT molecular complexity index is 926. The van der Waals surface area contributed by atoms with Gasteiger partial charge in [-0.2, -0.15) is 0 Å². The van der Waals surface area contributed by atoms with Crippen molar-refractivity contribution in [3.8, 4) is 0 Å². The van der Waals surface area contributed by atoms with Crippen LogP contribution in [-0.4, -0.2) is 55.2 Å². The van der Waals surface area contributed by atoms with E-state index in [-0.39, 0.29) is 36.7 Å². The van der Waals surface area contributed by atoms with Crippen LogP contribution >= 0.6 is 0 Å². The van der Waals surface area contributed by atoms with Crippen molar-refractivity contribution in [3.05, 3.63) is 54.1 Å². The highest BCUT2D eigenvalue weighted by molar-refractivity contribution is 5.97. The smallest absolute Gasteiger partial charge is 0.251 e. The number of hydrogen-bond acceptors (Lipinski definition) is 5. The van der Waals surface area contributed by atoms with Gasteiger partial charge in [0.05, 0.1) is 13.1 Å². The van der Waals surface area contributed by atoms with Crippen molar-refractivity contribution in [2.45, 2.75) is 13.8 Å². The van der Waals surface area contributed by atoms with E-state index in [4.69, 9.17) is 0 Å².